The third-order valence-electron chi connectivity index (χ3n) is 4.05. The highest BCUT2D eigenvalue weighted by Gasteiger charge is 2.05. The van der Waals surface area contributed by atoms with Crippen molar-refractivity contribution >= 4 is 11.7 Å². The Morgan fingerprint density at radius 2 is 1.52 bits per heavy atom. The second-order valence-corrected chi connectivity index (χ2v) is 6.31. The molecule has 0 unspecified atom stereocenters. The molecule has 5 heteroatoms. The molecule has 2 aromatic carbocycles. The van der Waals surface area contributed by atoms with Gasteiger partial charge in [-0.15, -0.1) is 0 Å². The molecule has 0 spiro atoms. The van der Waals surface area contributed by atoms with Crippen molar-refractivity contribution in [3.63, 3.8) is 0 Å². The third-order valence-corrected chi connectivity index (χ3v) is 4.05. The van der Waals surface area contributed by atoms with Gasteiger partial charge in [-0.25, -0.2) is 0 Å². The molecule has 0 fully saturated rings. The smallest absolute Gasteiger partial charge is 0.257 e. The second-order valence-electron chi connectivity index (χ2n) is 6.31. The normalized spacial score (nSPS) is 10.3. The summed E-state index contributed by atoms with van der Waals surface area (Å²) in [6.45, 7) is 5.03. The van der Waals surface area contributed by atoms with Crippen LogP contribution in [0.1, 0.15) is 42.1 Å². The molecular formula is C22H27NO4. The molecule has 0 radical (unpaired) electrons. The van der Waals surface area contributed by atoms with Crippen LogP contribution in [-0.4, -0.2) is 31.4 Å². The Labute approximate surface area is 160 Å². The maximum absolute atomic E-state index is 11.8. The molecule has 2 aromatic rings. The number of ether oxygens (including phenoxy) is 2. The van der Waals surface area contributed by atoms with Crippen LogP contribution in [0, 0.1) is 6.92 Å². The molecule has 0 aromatic heterocycles. The number of unbranched alkanes of at least 4 members (excludes halogenated alkanes) is 1. The van der Waals surface area contributed by atoms with Gasteiger partial charge in [0.2, 0.25) is 0 Å². The van der Waals surface area contributed by atoms with Crippen LogP contribution in [-0.2, 0) is 4.79 Å². The van der Waals surface area contributed by atoms with E-state index in [1.165, 1.54) is 5.56 Å². The topological polar surface area (TPSA) is 64.6 Å². The van der Waals surface area contributed by atoms with Gasteiger partial charge in [0.05, 0.1) is 6.61 Å². The predicted octanol–water partition coefficient (Wildman–Crippen LogP) is 3.94. The molecule has 1 amide bonds. The average Bonchev–Trinajstić information content (AvgIpc) is 2.70. The fraction of sp³-hybridized carbons (Fsp3) is 0.364. The Morgan fingerprint density at radius 1 is 0.889 bits per heavy atom. The summed E-state index contributed by atoms with van der Waals surface area (Å²) < 4.78 is 11.1. The van der Waals surface area contributed by atoms with E-state index in [9.17, 15) is 9.59 Å². The molecule has 0 bridgehead atoms. The van der Waals surface area contributed by atoms with Crippen LogP contribution in [0.4, 0.5) is 0 Å². The van der Waals surface area contributed by atoms with E-state index >= 15 is 0 Å². The standard InChI is InChI=1S/C22H27NO4/c1-3-21(24)18-8-12-20(13-9-18)27-16-22(25)23-14-4-5-15-26-19-10-6-17(2)7-11-19/h6-13H,3-5,14-16H2,1-2H3,(H,23,25). The van der Waals surface area contributed by atoms with Gasteiger partial charge in [0.15, 0.2) is 12.4 Å². The van der Waals surface area contributed by atoms with Gasteiger partial charge in [0, 0.05) is 18.5 Å². The highest BCUT2D eigenvalue weighted by atomic mass is 16.5. The minimum atomic E-state index is -0.164. The molecule has 0 atom stereocenters. The van der Waals surface area contributed by atoms with Gasteiger partial charge in [0.25, 0.3) is 5.91 Å². The Balaban J connectivity index is 1.55. The Hall–Kier alpha value is -2.82. The van der Waals surface area contributed by atoms with E-state index in [4.69, 9.17) is 9.47 Å². The van der Waals surface area contributed by atoms with Crippen LogP contribution in [0.15, 0.2) is 48.5 Å². The first kappa shape index (κ1) is 20.5. The number of benzene rings is 2. The zero-order valence-corrected chi connectivity index (χ0v) is 16.0. The molecule has 0 saturated heterocycles. The van der Waals surface area contributed by atoms with Crippen LogP contribution < -0.4 is 14.8 Å². The Morgan fingerprint density at radius 3 is 2.19 bits per heavy atom. The highest BCUT2D eigenvalue weighted by Crippen LogP contribution is 2.13. The van der Waals surface area contributed by atoms with Gasteiger partial charge in [0.1, 0.15) is 11.5 Å². The van der Waals surface area contributed by atoms with E-state index in [0.717, 1.165) is 18.6 Å². The number of amides is 1. The first-order valence-electron chi connectivity index (χ1n) is 9.30. The fourth-order valence-corrected chi connectivity index (χ4v) is 2.42. The lowest BCUT2D eigenvalue weighted by atomic mass is 10.1. The number of carbonyl (C=O) groups is 2. The van der Waals surface area contributed by atoms with E-state index in [2.05, 4.69) is 5.32 Å². The Kier molecular flexibility index (Phi) is 8.36. The molecular weight excluding hydrogens is 342 g/mol. The molecule has 0 aliphatic carbocycles. The summed E-state index contributed by atoms with van der Waals surface area (Å²) >= 11 is 0. The van der Waals surface area contributed by atoms with Gasteiger partial charge in [-0.3, -0.25) is 9.59 Å². The van der Waals surface area contributed by atoms with Crippen molar-refractivity contribution < 1.29 is 19.1 Å². The molecule has 0 saturated carbocycles. The van der Waals surface area contributed by atoms with E-state index in [-0.39, 0.29) is 18.3 Å². The summed E-state index contributed by atoms with van der Waals surface area (Å²) in [5.41, 5.74) is 1.86. The van der Waals surface area contributed by atoms with Crippen molar-refractivity contribution in [3.8, 4) is 11.5 Å². The van der Waals surface area contributed by atoms with Crippen molar-refractivity contribution in [1.82, 2.24) is 5.32 Å². The molecule has 0 aliphatic rings. The maximum atomic E-state index is 11.8. The fourth-order valence-electron chi connectivity index (χ4n) is 2.42. The number of hydrogen-bond acceptors (Lipinski definition) is 4. The van der Waals surface area contributed by atoms with E-state index in [1.807, 2.05) is 38.1 Å². The predicted molar refractivity (Wildman–Crippen MR) is 105 cm³/mol. The van der Waals surface area contributed by atoms with Crippen LogP contribution in [0.3, 0.4) is 0 Å². The van der Waals surface area contributed by atoms with Gasteiger partial charge < -0.3 is 14.8 Å². The number of carbonyl (C=O) groups excluding carboxylic acids is 2. The molecule has 5 nitrogen and oxygen atoms in total. The van der Waals surface area contributed by atoms with Crippen LogP contribution in [0.2, 0.25) is 0 Å². The molecule has 0 heterocycles. The molecule has 27 heavy (non-hydrogen) atoms. The number of aryl methyl sites for hydroxylation is 1. The first-order chi connectivity index (χ1) is 13.1. The number of Topliss-reactive ketones (excluding diaryl/α,β-unsaturated/α-hetero) is 1. The molecule has 2 rings (SSSR count). The SMILES string of the molecule is CCC(=O)c1ccc(OCC(=O)NCCCCOc2ccc(C)cc2)cc1. The lowest BCUT2D eigenvalue weighted by Crippen LogP contribution is -2.29. The first-order valence-corrected chi connectivity index (χ1v) is 9.30. The average molecular weight is 369 g/mol. The van der Waals surface area contributed by atoms with Gasteiger partial charge in [-0.1, -0.05) is 24.6 Å². The number of ketones is 1. The number of nitrogens with one attached hydrogen (secondary N) is 1. The minimum absolute atomic E-state index is 0.0407. The van der Waals surface area contributed by atoms with Gasteiger partial charge in [-0.05, 0) is 56.2 Å². The maximum Gasteiger partial charge on any atom is 0.257 e. The summed E-state index contributed by atoms with van der Waals surface area (Å²) in [6.07, 6.45) is 2.17. The minimum Gasteiger partial charge on any atom is -0.494 e. The third kappa shape index (κ3) is 7.52. The quantitative estimate of drug-likeness (QED) is 0.481. The van der Waals surface area contributed by atoms with Crippen LogP contribution in [0.5, 0.6) is 11.5 Å². The largest absolute Gasteiger partial charge is 0.494 e. The summed E-state index contributed by atoms with van der Waals surface area (Å²) in [7, 11) is 0. The van der Waals surface area contributed by atoms with Gasteiger partial charge >= 0.3 is 0 Å². The summed E-state index contributed by atoms with van der Waals surface area (Å²) in [6, 6.07) is 14.8. The van der Waals surface area contributed by atoms with Gasteiger partial charge in [-0.2, -0.15) is 0 Å². The number of hydrogen-bond donors (Lipinski definition) is 1. The molecule has 144 valence electrons. The summed E-state index contributed by atoms with van der Waals surface area (Å²) in [4.78, 5) is 23.4. The van der Waals surface area contributed by atoms with Crippen molar-refractivity contribution in [2.75, 3.05) is 19.8 Å². The van der Waals surface area contributed by atoms with Crippen molar-refractivity contribution in [3.05, 3.63) is 59.7 Å². The van der Waals surface area contributed by atoms with Crippen LogP contribution >= 0.6 is 0 Å². The highest BCUT2D eigenvalue weighted by molar-refractivity contribution is 5.95. The second kappa shape index (κ2) is 11.0. The van der Waals surface area contributed by atoms with Crippen molar-refractivity contribution in [1.29, 1.82) is 0 Å². The summed E-state index contributed by atoms with van der Waals surface area (Å²) in [5, 5.41) is 2.82. The zero-order valence-electron chi connectivity index (χ0n) is 16.0. The molecule has 0 aliphatic heterocycles. The van der Waals surface area contributed by atoms with Crippen molar-refractivity contribution in [2.45, 2.75) is 33.1 Å². The monoisotopic (exact) mass is 369 g/mol. The zero-order chi connectivity index (χ0) is 19.5. The van der Waals surface area contributed by atoms with Crippen LogP contribution in [0.25, 0.3) is 0 Å². The van der Waals surface area contributed by atoms with E-state index in [1.54, 1.807) is 24.3 Å². The lowest BCUT2D eigenvalue weighted by molar-refractivity contribution is -0.123. The van der Waals surface area contributed by atoms with Crippen molar-refractivity contribution in [2.24, 2.45) is 0 Å². The number of rotatable bonds is 11. The lowest BCUT2D eigenvalue weighted by Gasteiger charge is -2.09. The summed E-state index contributed by atoms with van der Waals surface area (Å²) in [5.74, 6) is 1.36. The van der Waals surface area contributed by atoms with E-state index < -0.39 is 0 Å². The molecule has 1 N–H and O–H groups in total. The van der Waals surface area contributed by atoms with E-state index in [0.29, 0.717) is 30.9 Å². The Bertz CT molecular complexity index is 723.